The van der Waals surface area contributed by atoms with Crippen LogP contribution in [-0.4, -0.2) is 41.0 Å². The highest BCUT2D eigenvalue weighted by molar-refractivity contribution is 5.76. The Morgan fingerprint density at radius 1 is 0.939 bits per heavy atom. The van der Waals surface area contributed by atoms with Crippen molar-refractivity contribution in [2.24, 2.45) is 0 Å². The van der Waals surface area contributed by atoms with Crippen LogP contribution in [0.2, 0.25) is 0 Å². The number of carbonyl (C=O) groups excluding carboxylic acids is 1. The van der Waals surface area contributed by atoms with Gasteiger partial charge < -0.3 is 14.3 Å². The van der Waals surface area contributed by atoms with Crippen LogP contribution in [0.25, 0.3) is 34.0 Å². The van der Waals surface area contributed by atoms with E-state index in [0.29, 0.717) is 18.3 Å². The number of hydrogen-bond donors (Lipinski definition) is 2. The number of aromatic nitrogens is 2. The topological polar surface area (TPSA) is 97.5 Å². The highest BCUT2D eigenvalue weighted by Gasteiger charge is 2.17. The fourth-order valence-electron chi connectivity index (χ4n) is 3.62. The zero-order valence-corrected chi connectivity index (χ0v) is 18.5. The molecule has 0 bridgehead atoms. The number of aliphatic hydroxyl groups is 1. The van der Waals surface area contributed by atoms with Crippen LogP contribution in [0, 0.1) is 6.92 Å². The van der Waals surface area contributed by atoms with Gasteiger partial charge in [-0.05, 0) is 47.4 Å². The summed E-state index contributed by atoms with van der Waals surface area (Å²) in [5.41, 5.74) is 5.96. The summed E-state index contributed by atoms with van der Waals surface area (Å²) in [6.07, 6.45) is 0. The molecule has 4 aromatic rings. The van der Waals surface area contributed by atoms with Crippen molar-refractivity contribution in [3.05, 3.63) is 83.9 Å². The number of ether oxygens (including phenoxy) is 1. The average molecular weight is 444 g/mol. The molecule has 2 N–H and O–H groups in total. The molecule has 7 heteroatoms. The molecule has 4 rings (SSSR count). The number of methoxy groups -OCH3 is 1. The third-order valence-electron chi connectivity index (χ3n) is 5.50. The molecular formula is C26H25N3O4. The van der Waals surface area contributed by atoms with Gasteiger partial charge in [-0.2, -0.15) is 0 Å². The van der Waals surface area contributed by atoms with Gasteiger partial charge >= 0.3 is 5.97 Å². The van der Waals surface area contributed by atoms with Gasteiger partial charge in [-0.15, -0.1) is 10.2 Å². The quantitative estimate of drug-likeness (QED) is 0.397. The molecule has 0 amide bonds. The van der Waals surface area contributed by atoms with Crippen LogP contribution >= 0.6 is 0 Å². The minimum atomic E-state index is -0.761. The number of esters is 1. The van der Waals surface area contributed by atoms with Crippen molar-refractivity contribution in [3.8, 4) is 34.0 Å². The highest BCUT2D eigenvalue weighted by Crippen LogP contribution is 2.32. The lowest BCUT2D eigenvalue weighted by Gasteiger charge is -2.13. The number of carbonyl (C=O) groups is 1. The molecule has 0 spiro atoms. The van der Waals surface area contributed by atoms with E-state index in [1.807, 2.05) is 54.6 Å². The summed E-state index contributed by atoms with van der Waals surface area (Å²) < 4.78 is 10.7. The lowest BCUT2D eigenvalue weighted by atomic mass is 9.96. The van der Waals surface area contributed by atoms with Crippen LogP contribution in [0.3, 0.4) is 0 Å². The van der Waals surface area contributed by atoms with E-state index in [1.165, 1.54) is 7.11 Å². The molecule has 0 aliphatic carbocycles. The largest absolute Gasteiger partial charge is 0.468 e. The van der Waals surface area contributed by atoms with E-state index in [9.17, 15) is 9.90 Å². The zero-order valence-electron chi connectivity index (χ0n) is 18.5. The molecule has 168 valence electrons. The fourth-order valence-corrected chi connectivity index (χ4v) is 3.62. The summed E-state index contributed by atoms with van der Waals surface area (Å²) in [7, 11) is 1.29. The van der Waals surface area contributed by atoms with Crippen molar-refractivity contribution in [2.75, 3.05) is 13.7 Å². The minimum Gasteiger partial charge on any atom is -0.468 e. The Morgan fingerprint density at radius 2 is 1.64 bits per heavy atom. The molecule has 0 saturated carbocycles. The van der Waals surface area contributed by atoms with Gasteiger partial charge in [0.25, 0.3) is 0 Å². The van der Waals surface area contributed by atoms with Crippen LogP contribution in [0.4, 0.5) is 0 Å². The van der Waals surface area contributed by atoms with Crippen molar-refractivity contribution in [1.29, 1.82) is 0 Å². The first-order chi connectivity index (χ1) is 16.1. The number of aliphatic hydroxyl groups excluding tert-OH is 1. The summed E-state index contributed by atoms with van der Waals surface area (Å²) in [5, 5.41) is 20.8. The molecule has 3 aromatic carbocycles. The number of rotatable bonds is 8. The van der Waals surface area contributed by atoms with Crippen LogP contribution in [0.5, 0.6) is 0 Å². The molecule has 0 radical (unpaired) electrons. The smallest absolute Gasteiger partial charge is 0.325 e. The molecular weight excluding hydrogens is 418 g/mol. The fraction of sp³-hybridized carbons (Fsp3) is 0.192. The Bertz CT molecular complexity index is 1220. The second-order valence-corrected chi connectivity index (χ2v) is 7.59. The third kappa shape index (κ3) is 5.00. The van der Waals surface area contributed by atoms with Crippen molar-refractivity contribution in [3.63, 3.8) is 0 Å². The van der Waals surface area contributed by atoms with Gasteiger partial charge in [-0.25, -0.2) is 0 Å². The van der Waals surface area contributed by atoms with Crippen LogP contribution in [0.1, 0.15) is 11.1 Å². The lowest BCUT2D eigenvalue weighted by Crippen LogP contribution is -2.40. The van der Waals surface area contributed by atoms with Gasteiger partial charge in [0.15, 0.2) is 0 Å². The van der Waals surface area contributed by atoms with Crippen LogP contribution in [-0.2, 0) is 16.1 Å². The molecule has 0 fully saturated rings. The van der Waals surface area contributed by atoms with Crippen molar-refractivity contribution >= 4 is 5.97 Å². The van der Waals surface area contributed by atoms with Gasteiger partial charge in [0.1, 0.15) is 6.04 Å². The summed E-state index contributed by atoms with van der Waals surface area (Å²) in [6, 6.07) is 23.1. The summed E-state index contributed by atoms with van der Waals surface area (Å²) in [4.78, 5) is 11.6. The number of nitrogens with one attached hydrogen (secondary N) is 1. The Labute approximate surface area is 192 Å². The zero-order chi connectivity index (χ0) is 23.2. The first kappa shape index (κ1) is 22.4. The maximum absolute atomic E-state index is 11.6. The Hall–Kier alpha value is -3.81. The maximum Gasteiger partial charge on any atom is 0.325 e. The number of nitrogens with zero attached hydrogens (tertiary/aromatic N) is 2. The Kier molecular flexibility index (Phi) is 6.92. The van der Waals surface area contributed by atoms with Crippen LogP contribution in [0.15, 0.2) is 77.2 Å². The predicted molar refractivity (Wildman–Crippen MR) is 125 cm³/mol. The van der Waals surface area contributed by atoms with Gasteiger partial charge in [0, 0.05) is 17.7 Å². The summed E-state index contributed by atoms with van der Waals surface area (Å²) in [6.45, 7) is 2.12. The van der Waals surface area contributed by atoms with E-state index in [-0.39, 0.29) is 6.61 Å². The first-order valence-electron chi connectivity index (χ1n) is 10.6. The van der Waals surface area contributed by atoms with E-state index in [2.05, 4.69) is 45.4 Å². The molecule has 0 aliphatic rings. The standard InChI is InChI=1S/C26H25N3O4/c1-17-21(19-7-4-3-5-8-19)9-6-10-22(17)25-29-28-24(33-25)20-13-11-18(12-14-20)15-27-23(16-30)26(31)32-2/h3-14,23,27,30H,15-16H2,1-2H3/t23-/m0/s1. The van der Waals surface area contributed by atoms with E-state index < -0.39 is 12.0 Å². The lowest BCUT2D eigenvalue weighted by molar-refractivity contribution is -0.144. The average Bonchev–Trinajstić information content (AvgIpc) is 3.35. The molecule has 0 saturated heterocycles. The first-order valence-corrected chi connectivity index (χ1v) is 10.6. The van der Waals surface area contributed by atoms with Gasteiger partial charge in [-0.1, -0.05) is 54.6 Å². The number of benzene rings is 3. The molecule has 0 aliphatic heterocycles. The molecule has 1 atom stereocenters. The molecule has 0 unspecified atom stereocenters. The van der Waals surface area contributed by atoms with E-state index in [0.717, 1.165) is 33.4 Å². The van der Waals surface area contributed by atoms with Crippen molar-refractivity contribution < 1.29 is 19.1 Å². The van der Waals surface area contributed by atoms with E-state index in [4.69, 9.17) is 4.42 Å². The molecule has 1 heterocycles. The number of hydrogen-bond acceptors (Lipinski definition) is 7. The maximum atomic E-state index is 11.6. The second-order valence-electron chi connectivity index (χ2n) is 7.59. The molecule has 1 aromatic heterocycles. The highest BCUT2D eigenvalue weighted by atomic mass is 16.5. The minimum absolute atomic E-state index is 0.333. The van der Waals surface area contributed by atoms with E-state index in [1.54, 1.807) is 0 Å². The predicted octanol–water partition coefficient (Wildman–Crippen LogP) is 4.00. The summed E-state index contributed by atoms with van der Waals surface area (Å²) >= 11 is 0. The van der Waals surface area contributed by atoms with Gasteiger partial charge in [-0.3, -0.25) is 10.1 Å². The Balaban J connectivity index is 1.51. The van der Waals surface area contributed by atoms with Crippen molar-refractivity contribution in [2.45, 2.75) is 19.5 Å². The Morgan fingerprint density at radius 3 is 2.33 bits per heavy atom. The van der Waals surface area contributed by atoms with E-state index >= 15 is 0 Å². The van der Waals surface area contributed by atoms with Gasteiger partial charge in [0.05, 0.1) is 13.7 Å². The molecule has 7 nitrogen and oxygen atoms in total. The normalized spacial score (nSPS) is 11.8. The monoisotopic (exact) mass is 443 g/mol. The van der Waals surface area contributed by atoms with Crippen molar-refractivity contribution in [1.82, 2.24) is 15.5 Å². The van der Waals surface area contributed by atoms with Crippen LogP contribution < -0.4 is 5.32 Å². The summed E-state index contributed by atoms with van der Waals surface area (Å²) in [5.74, 6) is 0.394. The second kappa shape index (κ2) is 10.2. The SMILES string of the molecule is COC(=O)[C@H](CO)NCc1ccc(-c2nnc(-c3cccc(-c4ccccc4)c3C)o2)cc1. The molecule has 33 heavy (non-hydrogen) atoms. The third-order valence-corrected chi connectivity index (χ3v) is 5.50. The van der Waals surface area contributed by atoms with Gasteiger partial charge in [0.2, 0.25) is 11.8 Å².